The maximum Gasteiger partial charge on any atom is 0.209 e. The zero-order valence-corrected chi connectivity index (χ0v) is 34.9. The first-order valence-corrected chi connectivity index (χ1v) is 20.7. The molecular formula is C49H64N4O. The summed E-state index contributed by atoms with van der Waals surface area (Å²) >= 11 is 0. The van der Waals surface area contributed by atoms with Crippen LogP contribution in [-0.4, -0.2) is 35.0 Å². The van der Waals surface area contributed by atoms with Crippen LogP contribution in [0.3, 0.4) is 0 Å². The predicted octanol–water partition coefficient (Wildman–Crippen LogP) is 11.9. The number of nitriles is 1. The van der Waals surface area contributed by atoms with Gasteiger partial charge in [0.05, 0.1) is 11.0 Å². The summed E-state index contributed by atoms with van der Waals surface area (Å²) in [6.07, 6.45) is 13.5. The number of nitrogens with zero attached hydrogens (tertiary/aromatic N) is 4. The summed E-state index contributed by atoms with van der Waals surface area (Å²) in [5.41, 5.74) is 7.57. The molecule has 2 atom stereocenters. The molecule has 2 heterocycles. The normalized spacial score (nSPS) is 19.7. The first kappa shape index (κ1) is 40.9. The largest absolute Gasteiger partial charge is 0.762 e. The molecule has 0 N–H and O–H groups in total. The van der Waals surface area contributed by atoms with Crippen molar-refractivity contribution in [1.82, 2.24) is 0 Å². The van der Waals surface area contributed by atoms with Crippen LogP contribution >= 0.6 is 0 Å². The summed E-state index contributed by atoms with van der Waals surface area (Å²) in [7, 11) is 0. The van der Waals surface area contributed by atoms with Crippen molar-refractivity contribution in [3.05, 3.63) is 105 Å². The number of Topliss-reactive ketones (excluding diaryl/α,β-unsaturated/α-hetero) is 1. The number of carbonyl (C=O) groups excluding carboxylic acids is 1. The Hall–Kier alpha value is -4.26. The predicted molar refractivity (Wildman–Crippen MR) is 227 cm³/mol. The number of allylic oxidation sites excluding steroid dienone is 7. The van der Waals surface area contributed by atoms with Gasteiger partial charge >= 0.3 is 0 Å². The fourth-order valence-corrected chi connectivity index (χ4v) is 8.83. The smallest absolute Gasteiger partial charge is 0.209 e. The number of hydrogen-bond acceptors (Lipinski definition) is 3. The fourth-order valence-electron chi connectivity index (χ4n) is 8.83. The van der Waals surface area contributed by atoms with E-state index in [1.807, 2.05) is 12.2 Å². The molecule has 2 aromatic carbocycles. The topological polar surface area (TPSA) is 69.4 Å². The van der Waals surface area contributed by atoms with Gasteiger partial charge in [0, 0.05) is 64.2 Å². The van der Waals surface area contributed by atoms with Crippen LogP contribution in [0.1, 0.15) is 132 Å². The molecule has 3 aliphatic rings. The van der Waals surface area contributed by atoms with E-state index in [1.165, 1.54) is 61.0 Å². The first-order chi connectivity index (χ1) is 25.6. The Morgan fingerprint density at radius 2 is 1.39 bits per heavy atom. The summed E-state index contributed by atoms with van der Waals surface area (Å²) in [5, 5.41) is 20.5. The average molecular weight is 725 g/mol. The molecule has 286 valence electrons. The number of para-hydroxylation sites is 2. The van der Waals surface area contributed by atoms with Gasteiger partial charge in [-0.05, 0) is 61.6 Å². The minimum atomic E-state index is -0.360. The molecule has 1 aliphatic carbocycles. The lowest BCUT2D eigenvalue weighted by Crippen LogP contribution is -2.33. The molecule has 0 radical (unpaired) electrons. The molecule has 0 fully saturated rings. The van der Waals surface area contributed by atoms with E-state index in [0.29, 0.717) is 40.4 Å². The second-order valence-corrected chi connectivity index (χ2v) is 18.2. The quantitative estimate of drug-likeness (QED) is 0.0706. The Bertz CT molecular complexity index is 1950. The summed E-state index contributed by atoms with van der Waals surface area (Å²) in [6.45, 7) is 24.4. The van der Waals surface area contributed by atoms with Crippen molar-refractivity contribution in [3.63, 3.8) is 0 Å². The third kappa shape index (κ3) is 8.35. The highest BCUT2D eigenvalue weighted by molar-refractivity contribution is 6.27. The maximum atomic E-state index is 14.5. The third-order valence-electron chi connectivity index (χ3n) is 12.3. The lowest BCUT2D eigenvalue weighted by molar-refractivity contribution is -0.439. The fraction of sp³-hybridized carbons (Fsp3) is 0.531. The summed E-state index contributed by atoms with van der Waals surface area (Å²) in [4.78, 5) is 16.9. The maximum absolute atomic E-state index is 14.5. The molecule has 0 spiro atoms. The third-order valence-corrected chi connectivity index (χ3v) is 12.3. The number of rotatable bonds is 17. The number of anilines is 1. The molecule has 54 heavy (non-hydrogen) atoms. The van der Waals surface area contributed by atoms with Crippen molar-refractivity contribution in [2.75, 3.05) is 18.0 Å². The standard InChI is InChI=1S/C49H64N4O/c1-33(2)17-15-19-35(5)25-27-52-42-23-13-11-21-40(42)48(7,8)44(52)29-38-46(37(31-50)32-51)39(47(38)54)30-45-49(9,10)41-22-12-14-24-43(41)53(45)28-26-36(6)20-16-18-34(3)4/h11-14,21-24,29-30,33-36H,15-20,25-28H2,1-10H3. The molecular weight excluding hydrogens is 661 g/mol. The Kier molecular flexibility index (Phi) is 12.9. The Morgan fingerprint density at radius 3 is 2.00 bits per heavy atom. The van der Waals surface area contributed by atoms with Crippen molar-refractivity contribution in [1.29, 1.82) is 5.26 Å². The molecule has 0 saturated carbocycles. The van der Waals surface area contributed by atoms with Gasteiger partial charge in [0.25, 0.3) is 0 Å². The van der Waals surface area contributed by atoms with Crippen LogP contribution in [-0.2, 0) is 15.6 Å². The van der Waals surface area contributed by atoms with E-state index in [2.05, 4.69) is 139 Å². The molecule has 2 aromatic rings. The van der Waals surface area contributed by atoms with Gasteiger partial charge in [-0.1, -0.05) is 130 Å². The number of fused-ring (bicyclic) bond motifs is 2. The van der Waals surface area contributed by atoms with Gasteiger partial charge in [-0.25, -0.2) is 5.87 Å². The van der Waals surface area contributed by atoms with Crippen LogP contribution in [0.15, 0.2) is 88.7 Å². The lowest BCUT2D eigenvalue weighted by atomic mass is 9.73. The Morgan fingerprint density at radius 1 is 0.796 bits per heavy atom. The zero-order chi connectivity index (χ0) is 39.4. The minimum Gasteiger partial charge on any atom is -0.762 e. The van der Waals surface area contributed by atoms with Gasteiger partial charge in [0.1, 0.15) is 12.6 Å². The van der Waals surface area contributed by atoms with Crippen molar-refractivity contribution in [3.8, 4) is 6.07 Å². The van der Waals surface area contributed by atoms with E-state index in [1.54, 1.807) is 0 Å². The number of benzene rings is 2. The van der Waals surface area contributed by atoms with E-state index < -0.39 is 0 Å². The van der Waals surface area contributed by atoms with E-state index in [0.717, 1.165) is 37.3 Å². The van der Waals surface area contributed by atoms with Crippen molar-refractivity contribution >= 4 is 28.7 Å². The second kappa shape index (κ2) is 17.0. The molecule has 5 nitrogen and oxygen atoms in total. The summed E-state index contributed by atoms with van der Waals surface area (Å²) < 4.78 is 2.39. The van der Waals surface area contributed by atoms with Gasteiger partial charge in [-0.3, -0.25) is 4.79 Å². The molecule has 5 heteroatoms. The van der Waals surface area contributed by atoms with Crippen LogP contribution in [0.25, 0.3) is 5.41 Å². The van der Waals surface area contributed by atoms with Crippen molar-refractivity contribution in [2.24, 2.45) is 23.7 Å². The Balaban J connectivity index is 1.56. The Labute approximate surface area is 326 Å². The molecule has 0 saturated heterocycles. The van der Waals surface area contributed by atoms with Gasteiger partial charge in [-0.15, -0.1) is 0 Å². The number of ketones is 1. The van der Waals surface area contributed by atoms with E-state index in [9.17, 15) is 15.5 Å². The van der Waals surface area contributed by atoms with Gasteiger partial charge in [0.2, 0.25) is 5.69 Å². The average Bonchev–Trinajstić information content (AvgIpc) is 3.48. The molecule has 0 aromatic heterocycles. The highest BCUT2D eigenvalue weighted by atomic mass is 16.1. The molecule has 0 amide bonds. The zero-order valence-electron chi connectivity index (χ0n) is 34.9. The van der Waals surface area contributed by atoms with Crippen LogP contribution in [0.4, 0.5) is 11.4 Å². The van der Waals surface area contributed by atoms with E-state index in [4.69, 9.17) is 0 Å². The van der Waals surface area contributed by atoms with E-state index in [-0.39, 0.29) is 22.2 Å². The second-order valence-electron chi connectivity index (χ2n) is 18.2. The van der Waals surface area contributed by atoms with Crippen LogP contribution in [0.2, 0.25) is 0 Å². The molecule has 2 unspecified atom stereocenters. The van der Waals surface area contributed by atoms with Crippen LogP contribution < -0.4 is 4.90 Å². The molecule has 5 rings (SSSR count). The van der Waals surface area contributed by atoms with Crippen molar-refractivity contribution < 1.29 is 9.37 Å². The van der Waals surface area contributed by atoms with Gasteiger partial charge in [-0.2, -0.15) is 9.84 Å². The number of hydrogen-bond donors (Lipinski definition) is 0. The highest BCUT2D eigenvalue weighted by Crippen LogP contribution is 2.50. The lowest BCUT2D eigenvalue weighted by Gasteiger charge is -2.31. The monoisotopic (exact) mass is 725 g/mol. The number of carbonyl (C=O) groups is 1. The van der Waals surface area contributed by atoms with Crippen LogP contribution in [0, 0.1) is 35.0 Å². The molecule has 2 aliphatic heterocycles. The van der Waals surface area contributed by atoms with Gasteiger partial charge in [0.15, 0.2) is 11.5 Å². The van der Waals surface area contributed by atoms with Crippen molar-refractivity contribution in [2.45, 2.75) is 131 Å². The van der Waals surface area contributed by atoms with E-state index >= 15 is 0 Å². The van der Waals surface area contributed by atoms with Crippen LogP contribution in [0.5, 0.6) is 0 Å². The van der Waals surface area contributed by atoms with Gasteiger partial charge < -0.3 is 10.3 Å². The summed E-state index contributed by atoms with van der Waals surface area (Å²) in [6, 6.07) is 19.3. The first-order valence-electron chi connectivity index (χ1n) is 20.7. The minimum absolute atomic E-state index is 0.00872. The highest BCUT2D eigenvalue weighted by Gasteiger charge is 2.47. The summed E-state index contributed by atoms with van der Waals surface area (Å²) in [5.74, 6) is 4.64. The molecule has 0 bridgehead atoms. The SMILES string of the molecule is CC(C)CCCC(C)CCN1/C(=C/C2=C(C(=C=[N-])C#N)C(=C/C3=[N+](CCC(C)CCCC(C)C)c4ccccc4C3(C)C)/C2=O)C(C)(C)c2ccccc21.